The first kappa shape index (κ1) is 12.8. The Balaban J connectivity index is 3.02. The third-order valence-corrected chi connectivity index (χ3v) is 2.56. The van der Waals surface area contributed by atoms with Crippen molar-refractivity contribution < 1.29 is 14.6 Å². The van der Waals surface area contributed by atoms with Gasteiger partial charge in [-0.25, -0.2) is 0 Å². The van der Waals surface area contributed by atoms with E-state index in [-0.39, 0.29) is 6.54 Å². The Morgan fingerprint density at radius 3 is 2.12 bits per heavy atom. The zero-order valence-corrected chi connectivity index (χ0v) is 9.99. The standard InChI is InChI=1S/C12H19NO3/c1-8-11(15-2)5-9(4-10(14)7-13)6-12(8)16-3/h5-6,10,14H,4,7,13H2,1-3H3. The third kappa shape index (κ3) is 2.87. The van der Waals surface area contributed by atoms with Crippen molar-refractivity contribution in [1.82, 2.24) is 0 Å². The van der Waals surface area contributed by atoms with Crippen LogP contribution in [0.3, 0.4) is 0 Å². The van der Waals surface area contributed by atoms with Gasteiger partial charge in [-0.1, -0.05) is 0 Å². The van der Waals surface area contributed by atoms with E-state index in [1.54, 1.807) is 14.2 Å². The molecule has 1 unspecified atom stereocenters. The van der Waals surface area contributed by atoms with Crippen LogP contribution in [0.1, 0.15) is 11.1 Å². The van der Waals surface area contributed by atoms with E-state index in [0.29, 0.717) is 6.42 Å². The molecule has 90 valence electrons. The quantitative estimate of drug-likeness (QED) is 0.780. The van der Waals surface area contributed by atoms with E-state index < -0.39 is 6.10 Å². The Kier molecular flexibility index (Phi) is 4.58. The summed E-state index contributed by atoms with van der Waals surface area (Å²) < 4.78 is 10.5. The van der Waals surface area contributed by atoms with E-state index in [1.165, 1.54) is 0 Å². The molecule has 4 heteroatoms. The Labute approximate surface area is 96.0 Å². The van der Waals surface area contributed by atoms with Gasteiger partial charge in [-0.3, -0.25) is 0 Å². The van der Waals surface area contributed by atoms with Gasteiger partial charge in [-0.2, -0.15) is 0 Å². The summed E-state index contributed by atoms with van der Waals surface area (Å²) in [5.41, 5.74) is 7.29. The molecule has 0 aliphatic heterocycles. The SMILES string of the molecule is COc1cc(CC(O)CN)cc(OC)c1C. The summed E-state index contributed by atoms with van der Waals surface area (Å²) >= 11 is 0. The van der Waals surface area contributed by atoms with Crippen molar-refractivity contribution in [1.29, 1.82) is 0 Å². The van der Waals surface area contributed by atoms with Crippen LogP contribution in [-0.2, 0) is 6.42 Å². The molecule has 0 saturated carbocycles. The van der Waals surface area contributed by atoms with Crippen LogP contribution in [0.25, 0.3) is 0 Å². The number of aliphatic hydroxyl groups excluding tert-OH is 1. The number of rotatable bonds is 5. The molecule has 0 aromatic heterocycles. The molecular formula is C12H19NO3. The van der Waals surface area contributed by atoms with Crippen molar-refractivity contribution in [2.75, 3.05) is 20.8 Å². The number of ether oxygens (including phenoxy) is 2. The molecule has 1 atom stereocenters. The molecule has 1 aromatic carbocycles. The van der Waals surface area contributed by atoms with Crippen molar-refractivity contribution in [3.05, 3.63) is 23.3 Å². The van der Waals surface area contributed by atoms with Gasteiger partial charge in [-0.05, 0) is 31.0 Å². The lowest BCUT2D eigenvalue weighted by Crippen LogP contribution is -2.22. The van der Waals surface area contributed by atoms with Crippen LogP contribution in [0.4, 0.5) is 0 Å². The van der Waals surface area contributed by atoms with E-state index in [0.717, 1.165) is 22.6 Å². The predicted octanol–water partition coefficient (Wildman–Crippen LogP) is 0.874. The van der Waals surface area contributed by atoms with E-state index in [1.807, 2.05) is 19.1 Å². The fourth-order valence-corrected chi connectivity index (χ4v) is 1.61. The normalized spacial score (nSPS) is 12.3. The number of aliphatic hydroxyl groups is 1. The molecule has 1 aromatic rings. The largest absolute Gasteiger partial charge is 0.496 e. The van der Waals surface area contributed by atoms with E-state index >= 15 is 0 Å². The summed E-state index contributed by atoms with van der Waals surface area (Å²) in [5.74, 6) is 1.53. The van der Waals surface area contributed by atoms with Crippen LogP contribution >= 0.6 is 0 Å². The lowest BCUT2D eigenvalue weighted by Gasteiger charge is -2.14. The van der Waals surface area contributed by atoms with Gasteiger partial charge < -0.3 is 20.3 Å². The maximum absolute atomic E-state index is 9.50. The summed E-state index contributed by atoms with van der Waals surface area (Å²) in [6, 6.07) is 3.80. The molecule has 3 N–H and O–H groups in total. The molecular weight excluding hydrogens is 206 g/mol. The first-order valence-corrected chi connectivity index (χ1v) is 5.22. The van der Waals surface area contributed by atoms with Gasteiger partial charge in [0.15, 0.2) is 0 Å². The second kappa shape index (κ2) is 5.72. The van der Waals surface area contributed by atoms with Crippen LogP contribution in [0.15, 0.2) is 12.1 Å². The highest BCUT2D eigenvalue weighted by Gasteiger charge is 2.10. The van der Waals surface area contributed by atoms with Crippen LogP contribution in [-0.4, -0.2) is 32.0 Å². The minimum Gasteiger partial charge on any atom is -0.496 e. The summed E-state index contributed by atoms with van der Waals surface area (Å²) in [7, 11) is 3.23. The average molecular weight is 225 g/mol. The number of methoxy groups -OCH3 is 2. The summed E-state index contributed by atoms with van der Waals surface area (Å²) in [6.45, 7) is 2.18. The molecule has 0 radical (unpaired) electrons. The van der Waals surface area contributed by atoms with Gasteiger partial charge in [0.25, 0.3) is 0 Å². The molecule has 0 fully saturated rings. The van der Waals surface area contributed by atoms with Crippen molar-refractivity contribution >= 4 is 0 Å². The molecule has 0 heterocycles. The number of hydrogen-bond acceptors (Lipinski definition) is 4. The number of hydrogen-bond donors (Lipinski definition) is 2. The molecule has 0 bridgehead atoms. The lowest BCUT2D eigenvalue weighted by molar-refractivity contribution is 0.183. The molecule has 0 aliphatic rings. The Morgan fingerprint density at radius 2 is 1.75 bits per heavy atom. The van der Waals surface area contributed by atoms with E-state index in [2.05, 4.69) is 0 Å². The van der Waals surface area contributed by atoms with E-state index in [4.69, 9.17) is 15.2 Å². The van der Waals surface area contributed by atoms with Gasteiger partial charge >= 0.3 is 0 Å². The smallest absolute Gasteiger partial charge is 0.125 e. The first-order chi connectivity index (χ1) is 7.62. The van der Waals surface area contributed by atoms with Gasteiger partial charge in [-0.15, -0.1) is 0 Å². The molecule has 1 rings (SSSR count). The fraction of sp³-hybridized carbons (Fsp3) is 0.500. The Hall–Kier alpha value is -1.26. The zero-order chi connectivity index (χ0) is 12.1. The van der Waals surface area contributed by atoms with Crippen molar-refractivity contribution in [2.45, 2.75) is 19.4 Å². The molecule has 4 nitrogen and oxygen atoms in total. The third-order valence-electron chi connectivity index (χ3n) is 2.56. The van der Waals surface area contributed by atoms with Crippen LogP contribution in [0.2, 0.25) is 0 Å². The molecule has 0 amide bonds. The van der Waals surface area contributed by atoms with E-state index in [9.17, 15) is 5.11 Å². The second-order valence-corrected chi connectivity index (χ2v) is 3.72. The summed E-state index contributed by atoms with van der Waals surface area (Å²) in [6.07, 6.45) is -0.0270. The molecule has 16 heavy (non-hydrogen) atoms. The van der Waals surface area contributed by atoms with Crippen LogP contribution in [0.5, 0.6) is 11.5 Å². The van der Waals surface area contributed by atoms with Gasteiger partial charge in [0.05, 0.1) is 20.3 Å². The van der Waals surface area contributed by atoms with Crippen molar-refractivity contribution in [3.63, 3.8) is 0 Å². The van der Waals surface area contributed by atoms with Gasteiger partial charge in [0.1, 0.15) is 11.5 Å². The van der Waals surface area contributed by atoms with Gasteiger partial charge in [0, 0.05) is 12.1 Å². The highest BCUT2D eigenvalue weighted by molar-refractivity contribution is 5.47. The Bertz CT molecular complexity index is 327. The topological polar surface area (TPSA) is 64.7 Å². The molecule has 0 saturated heterocycles. The number of nitrogens with two attached hydrogens (primary N) is 1. The summed E-state index contributed by atoms with van der Waals surface area (Å²) in [4.78, 5) is 0. The maximum atomic E-state index is 9.50. The van der Waals surface area contributed by atoms with Crippen molar-refractivity contribution in [2.24, 2.45) is 5.73 Å². The highest BCUT2D eigenvalue weighted by atomic mass is 16.5. The van der Waals surface area contributed by atoms with Crippen LogP contribution < -0.4 is 15.2 Å². The monoisotopic (exact) mass is 225 g/mol. The predicted molar refractivity (Wildman–Crippen MR) is 63.0 cm³/mol. The highest BCUT2D eigenvalue weighted by Crippen LogP contribution is 2.29. The average Bonchev–Trinajstić information content (AvgIpc) is 2.30. The minimum absolute atomic E-state index is 0.249. The Morgan fingerprint density at radius 1 is 1.25 bits per heavy atom. The second-order valence-electron chi connectivity index (χ2n) is 3.72. The van der Waals surface area contributed by atoms with Crippen molar-refractivity contribution in [3.8, 4) is 11.5 Å². The molecule has 0 aliphatic carbocycles. The van der Waals surface area contributed by atoms with Crippen LogP contribution in [0, 0.1) is 6.92 Å². The zero-order valence-electron chi connectivity index (χ0n) is 9.99. The molecule has 0 spiro atoms. The number of benzene rings is 1. The first-order valence-electron chi connectivity index (χ1n) is 5.22. The fourth-order valence-electron chi connectivity index (χ4n) is 1.61. The maximum Gasteiger partial charge on any atom is 0.125 e. The lowest BCUT2D eigenvalue weighted by atomic mass is 10.0. The van der Waals surface area contributed by atoms with Gasteiger partial charge in [0.2, 0.25) is 0 Å². The minimum atomic E-state index is -0.530. The summed E-state index contributed by atoms with van der Waals surface area (Å²) in [5, 5.41) is 9.50.